The van der Waals surface area contributed by atoms with Gasteiger partial charge < -0.3 is 14.4 Å². The molecule has 6 nitrogen and oxygen atoms in total. The van der Waals surface area contributed by atoms with Crippen LogP contribution < -0.4 is 0 Å². The molecule has 1 aliphatic carbocycles. The zero-order valence-electron chi connectivity index (χ0n) is 16.2. The van der Waals surface area contributed by atoms with E-state index in [4.69, 9.17) is 9.47 Å². The lowest BCUT2D eigenvalue weighted by Crippen LogP contribution is -2.38. The number of benzene rings is 1. The molecule has 0 spiro atoms. The molecule has 0 aromatic heterocycles. The van der Waals surface area contributed by atoms with E-state index in [9.17, 15) is 14.4 Å². The van der Waals surface area contributed by atoms with Crippen molar-refractivity contribution in [2.75, 3.05) is 38.8 Å². The highest BCUT2D eigenvalue weighted by molar-refractivity contribution is 7.99. The Bertz CT molecular complexity index is 852. The fourth-order valence-corrected chi connectivity index (χ4v) is 4.35. The van der Waals surface area contributed by atoms with Crippen LogP contribution in [0.4, 0.5) is 0 Å². The lowest BCUT2D eigenvalue weighted by atomic mass is 9.81. The van der Waals surface area contributed by atoms with Gasteiger partial charge in [-0.25, -0.2) is 0 Å². The van der Waals surface area contributed by atoms with Gasteiger partial charge in [0.05, 0.1) is 12.7 Å². The molecule has 28 heavy (non-hydrogen) atoms. The quantitative estimate of drug-likeness (QED) is 0.706. The first kappa shape index (κ1) is 20.4. The normalized spacial score (nSPS) is 19.6. The number of carbonyl (C=O) groups is 3. The highest BCUT2D eigenvalue weighted by Gasteiger charge is 2.41. The predicted octanol–water partition coefficient (Wildman–Crippen LogP) is 2.35. The summed E-state index contributed by atoms with van der Waals surface area (Å²) in [6.45, 7) is 3.20. The van der Waals surface area contributed by atoms with Gasteiger partial charge in [0.1, 0.15) is 5.60 Å². The third-order valence-electron chi connectivity index (χ3n) is 5.15. The average Bonchev–Trinajstić information content (AvgIpc) is 2.74. The Kier molecular flexibility index (Phi) is 6.05. The second kappa shape index (κ2) is 8.32. The van der Waals surface area contributed by atoms with Crippen molar-refractivity contribution in [3.05, 3.63) is 58.9 Å². The van der Waals surface area contributed by atoms with E-state index in [1.165, 1.54) is 26.4 Å². The number of methoxy groups -OCH3 is 2. The molecular weight excluding hydrogens is 378 g/mol. The molecule has 1 amide bonds. The van der Waals surface area contributed by atoms with Crippen LogP contribution in [0.3, 0.4) is 0 Å². The van der Waals surface area contributed by atoms with E-state index >= 15 is 0 Å². The Labute approximate surface area is 168 Å². The molecule has 1 aromatic rings. The topological polar surface area (TPSA) is 72.9 Å². The summed E-state index contributed by atoms with van der Waals surface area (Å²) in [5, 5.41) is 0. The molecule has 0 bridgehead atoms. The number of allylic oxidation sites excluding steroid dienone is 2. The summed E-state index contributed by atoms with van der Waals surface area (Å²) in [4.78, 5) is 39.2. The van der Waals surface area contributed by atoms with Crippen LogP contribution in [-0.2, 0) is 24.7 Å². The monoisotopic (exact) mass is 401 g/mol. The van der Waals surface area contributed by atoms with E-state index in [-0.39, 0.29) is 28.8 Å². The van der Waals surface area contributed by atoms with Gasteiger partial charge >= 0.3 is 0 Å². The number of hydrogen-bond donors (Lipinski definition) is 0. The fraction of sp³-hybridized carbons (Fsp3) is 0.381. The molecule has 7 heteroatoms. The second-order valence-corrected chi connectivity index (χ2v) is 7.91. The van der Waals surface area contributed by atoms with Crippen LogP contribution in [0.5, 0.6) is 0 Å². The first-order valence-corrected chi connectivity index (χ1v) is 10.2. The zero-order valence-corrected chi connectivity index (χ0v) is 17.0. The maximum atomic E-state index is 12.7. The average molecular weight is 401 g/mol. The van der Waals surface area contributed by atoms with Gasteiger partial charge in [-0.05, 0) is 36.8 Å². The van der Waals surface area contributed by atoms with Crippen LogP contribution in [0.25, 0.3) is 0 Å². The lowest BCUT2D eigenvalue weighted by molar-refractivity contribution is -0.119. The number of carbonyl (C=O) groups excluding carboxylic acids is 3. The van der Waals surface area contributed by atoms with Crippen LogP contribution in [0, 0.1) is 0 Å². The number of hydrogen-bond acceptors (Lipinski definition) is 6. The zero-order chi connectivity index (χ0) is 20.3. The SMILES string of the molecule is COC1=C(C(C)(OC)c2ccc(C(=O)N3CCSCC3)cc2)C(=O)C=CC1=O. The Morgan fingerprint density at radius 1 is 1.04 bits per heavy atom. The minimum Gasteiger partial charge on any atom is -0.492 e. The minimum atomic E-state index is -1.19. The second-order valence-electron chi connectivity index (χ2n) is 6.69. The molecule has 1 saturated heterocycles. The van der Waals surface area contributed by atoms with Crippen LogP contribution in [0.15, 0.2) is 47.7 Å². The van der Waals surface area contributed by atoms with Crippen LogP contribution in [-0.4, -0.2) is 61.2 Å². The van der Waals surface area contributed by atoms with Crippen molar-refractivity contribution in [2.24, 2.45) is 0 Å². The summed E-state index contributed by atoms with van der Waals surface area (Å²) in [5.41, 5.74) is 0.200. The third kappa shape index (κ3) is 3.64. The van der Waals surface area contributed by atoms with E-state index in [0.29, 0.717) is 11.1 Å². The highest BCUT2D eigenvalue weighted by atomic mass is 32.2. The molecule has 0 N–H and O–H groups in total. The molecule has 1 heterocycles. The molecule has 2 aliphatic rings. The van der Waals surface area contributed by atoms with Gasteiger partial charge in [0, 0.05) is 37.3 Å². The first-order chi connectivity index (χ1) is 13.4. The minimum absolute atomic E-state index is 0.00498. The molecule has 1 atom stereocenters. The molecular formula is C21H23NO5S. The first-order valence-electron chi connectivity index (χ1n) is 9.00. The predicted molar refractivity (Wildman–Crippen MR) is 107 cm³/mol. The Morgan fingerprint density at radius 2 is 1.64 bits per heavy atom. The number of thioether (sulfide) groups is 1. The Balaban J connectivity index is 1.95. The summed E-state index contributed by atoms with van der Waals surface area (Å²) >= 11 is 1.85. The standard InChI is InChI=1S/C21H23NO5S/c1-21(27-3,18-16(23)8-9-17(24)19(18)26-2)15-6-4-14(5-7-15)20(25)22-10-12-28-13-11-22/h4-9H,10-13H2,1-3H3. The number of ketones is 2. The van der Waals surface area contributed by atoms with Crippen molar-refractivity contribution >= 4 is 29.2 Å². The van der Waals surface area contributed by atoms with Crippen molar-refractivity contribution in [1.29, 1.82) is 0 Å². The Morgan fingerprint density at radius 3 is 2.21 bits per heavy atom. The lowest BCUT2D eigenvalue weighted by Gasteiger charge is -2.32. The van der Waals surface area contributed by atoms with E-state index in [1.807, 2.05) is 16.7 Å². The van der Waals surface area contributed by atoms with Gasteiger partial charge in [0.25, 0.3) is 5.91 Å². The number of rotatable bonds is 5. The largest absolute Gasteiger partial charge is 0.492 e. The van der Waals surface area contributed by atoms with Crippen molar-refractivity contribution in [3.63, 3.8) is 0 Å². The molecule has 0 saturated carbocycles. The van der Waals surface area contributed by atoms with Crippen LogP contribution in [0.1, 0.15) is 22.8 Å². The van der Waals surface area contributed by atoms with Crippen molar-refractivity contribution < 1.29 is 23.9 Å². The van der Waals surface area contributed by atoms with Crippen LogP contribution in [0.2, 0.25) is 0 Å². The van der Waals surface area contributed by atoms with E-state index in [1.54, 1.807) is 31.2 Å². The van der Waals surface area contributed by atoms with Gasteiger partial charge in [-0.1, -0.05) is 12.1 Å². The number of amides is 1. The number of nitrogens with zero attached hydrogens (tertiary/aromatic N) is 1. The summed E-state index contributed by atoms with van der Waals surface area (Å²) in [5.74, 6) is 1.14. The molecule has 148 valence electrons. The maximum absolute atomic E-state index is 12.7. The maximum Gasteiger partial charge on any atom is 0.253 e. The van der Waals surface area contributed by atoms with Crippen LogP contribution >= 0.6 is 11.8 Å². The fourth-order valence-electron chi connectivity index (χ4n) is 3.44. The van der Waals surface area contributed by atoms with Crippen molar-refractivity contribution in [1.82, 2.24) is 4.90 Å². The van der Waals surface area contributed by atoms with Gasteiger partial charge in [0.2, 0.25) is 5.78 Å². The summed E-state index contributed by atoms with van der Waals surface area (Å²) in [6, 6.07) is 6.97. The molecule has 0 radical (unpaired) electrons. The van der Waals surface area contributed by atoms with Gasteiger partial charge in [0.15, 0.2) is 11.5 Å². The molecule has 1 aromatic carbocycles. The number of ether oxygens (including phenoxy) is 2. The molecule has 3 rings (SSSR count). The van der Waals surface area contributed by atoms with E-state index in [2.05, 4.69) is 0 Å². The summed E-state index contributed by atoms with van der Waals surface area (Å²) in [6.07, 6.45) is 2.42. The van der Waals surface area contributed by atoms with Gasteiger partial charge in [-0.15, -0.1) is 0 Å². The van der Waals surface area contributed by atoms with E-state index in [0.717, 1.165) is 24.6 Å². The molecule has 1 fully saturated rings. The summed E-state index contributed by atoms with van der Waals surface area (Å²) in [7, 11) is 2.83. The highest BCUT2D eigenvalue weighted by Crippen LogP contribution is 2.37. The Hall–Kier alpha value is -2.38. The summed E-state index contributed by atoms with van der Waals surface area (Å²) < 4.78 is 10.9. The van der Waals surface area contributed by atoms with E-state index < -0.39 is 5.60 Å². The molecule has 1 aliphatic heterocycles. The van der Waals surface area contributed by atoms with Gasteiger partial charge in [-0.2, -0.15) is 11.8 Å². The van der Waals surface area contributed by atoms with Crippen molar-refractivity contribution in [3.8, 4) is 0 Å². The third-order valence-corrected chi connectivity index (χ3v) is 6.10. The van der Waals surface area contributed by atoms with Crippen molar-refractivity contribution in [2.45, 2.75) is 12.5 Å². The molecule has 1 unspecified atom stereocenters. The van der Waals surface area contributed by atoms with Gasteiger partial charge in [-0.3, -0.25) is 14.4 Å². The smallest absolute Gasteiger partial charge is 0.253 e.